The number of hydrogen-bond donors (Lipinski definition) is 1. The number of carbonyl (C=O) groups is 1. The number of furan rings is 1. The molecule has 0 atom stereocenters. The number of rotatable bonds is 10. The van der Waals surface area contributed by atoms with Gasteiger partial charge in [-0.1, -0.05) is 35.5 Å². The van der Waals surface area contributed by atoms with E-state index in [2.05, 4.69) is 10.3 Å². The Morgan fingerprint density at radius 1 is 1.18 bits per heavy atom. The first-order chi connectivity index (χ1) is 16.5. The molecule has 0 radical (unpaired) electrons. The molecule has 0 bridgehead atoms. The van der Waals surface area contributed by atoms with Gasteiger partial charge in [-0.2, -0.15) is 0 Å². The van der Waals surface area contributed by atoms with Gasteiger partial charge < -0.3 is 19.2 Å². The van der Waals surface area contributed by atoms with Gasteiger partial charge in [0.2, 0.25) is 5.91 Å². The number of hydrogen-bond acceptors (Lipinski definition) is 7. The number of benzene rings is 2. The van der Waals surface area contributed by atoms with Gasteiger partial charge in [-0.25, -0.2) is 4.98 Å². The van der Waals surface area contributed by atoms with Crippen LogP contribution in [0.5, 0.6) is 11.5 Å². The zero-order valence-electron chi connectivity index (χ0n) is 18.3. The fourth-order valence-corrected chi connectivity index (χ4v) is 4.25. The average Bonchev–Trinajstić information content (AvgIpc) is 3.36. The molecule has 8 nitrogen and oxygen atoms in total. The summed E-state index contributed by atoms with van der Waals surface area (Å²) in [6.07, 6.45) is 1.54. The van der Waals surface area contributed by atoms with Crippen molar-refractivity contribution in [1.29, 1.82) is 0 Å². The first-order valence-corrected chi connectivity index (χ1v) is 11.8. The third-order valence-electron chi connectivity index (χ3n) is 4.86. The van der Waals surface area contributed by atoms with Crippen LogP contribution in [0, 0.1) is 0 Å². The average molecular weight is 500 g/mol. The smallest absolute Gasteiger partial charge is 0.262 e. The molecule has 1 N–H and O–H groups in total. The second-order valence-electron chi connectivity index (χ2n) is 7.16. The van der Waals surface area contributed by atoms with E-state index >= 15 is 0 Å². The molecular formula is C24H22ClN3O5S. The number of fused-ring (bicyclic) bond motifs is 1. The lowest BCUT2D eigenvalue weighted by Gasteiger charge is -2.13. The number of halogens is 1. The summed E-state index contributed by atoms with van der Waals surface area (Å²) < 4.78 is 17.8. The highest BCUT2D eigenvalue weighted by atomic mass is 35.5. The largest absolute Gasteiger partial charge is 0.493 e. The standard InChI is InChI=1S/C24H22ClN3O5S/c1-31-20-6-2-3-7-21(20)33-12-10-26-22(29)15-34-24-27-19-13-16(25)8-9-18(19)23(30)28(24)14-17-5-4-11-32-17/h2-9,11,13H,10,12,14-15H2,1H3,(H,26,29). The minimum absolute atomic E-state index is 0.0747. The van der Waals surface area contributed by atoms with Crippen molar-refractivity contribution >= 4 is 40.2 Å². The zero-order valence-corrected chi connectivity index (χ0v) is 19.9. The fraction of sp³-hybridized carbons (Fsp3) is 0.208. The van der Waals surface area contributed by atoms with Crippen molar-refractivity contribution in [3.8, 4) is 11.5 Å². The Morgan fingerprint density at radius 2 is 2.00 bits per heavy atom. The van der Waals surface area contributed by atoms with Crippen LogP contribution in [0.3, 0.4) is 0 Å². The normalized spacial score (nSPS) is 10.9. The first-order valence-electron chi connectivity index (χ1n) is 10.4. The molecule has 176 valence electrons. The third kappa shape index (κ3) is 5.73. The Bertz CT molecular complexity index is 1340. The van der Waals surface area contributed by atoms with Crippen molar-refractivity contribution < 1.29 is 18.7 Å². The number of nitrogens with one attached hydrogen (secondary N) is 1. The molecular weight excluding hydrogens is 478 g/mol. The van der Waals surface area contributed by atoms with Gasteiger partial charge in [-0.3, -0.25) is 14.2 Å². The number of para-hydroxylation sites is 2. The molecule has 4 rings (SSSR count). The van der Waals surface area contributed by atoms with E-state index in [1.165, 1.54) is 16.3 Å². The predicted octanol–water partition coefficient (Wildman–Crippen LogP) is 3.99. The molecule has 0 saturated carbocycles. The Morgan fingerprint density at radius 3 is 2.76 bits per heavy atom. The maximum absolute atomic E-state index is 13.1. The number of methoxy groups -OCH3 is 1. The number of carbonyl (C=O) groups excluding carboxylic acids is 1. The molecule has 0 spiro atoms. The Balaban J connectivity index is 1.41. The van der Waals surface area contributed by atoms with E-state index < -0.39 is 0 Å². The number of thioether (sulfide) groups is 1. The van der Waals surface area contributed by atoms with E-state index in [1.54, 1.807) is 55.8 Å². The van der Waals surface area contributed by atoms with E-state index in [0.717, 1.165) is 0 Å². The van der Waals surface area contributed by atoms with Crippen LogP contribution in [0.4, 0.5) is 0 Å². The van der Waals surface area contributed by atoms with E-state index in [-0.39, 0.29) is 30.4 Å². The topological polar surface area (TPSA) is 95.6 Å². The van der Waals surface area contributed by atoms with Gasteiger partial charge in [0, 0.05) is 5.02 Å². The second-order valence-corrected chi connectivity index (χ2v) is 8.54. The fourth-order valence-electron chi connectivity index (χ4n) is 3.25. The van der Waals surface area contributed by atoms with Crippen LogP contribution in [0.25, 0.3) is 10.9 Å². The molecule has 0 aliphatic carbocycles. The molecule has 4 aromatic rings. The van der Waals surface area contributed by atoms with Crippen molar-refractivity contribution in [2.45, 2.75) is 11.7 Å². The minimum Gasteiger partial charge on any atom is -0.493 e. The quantitative estimate of drug-likeness (QED) is 0.200. The first kappa shape index (κ1) is 23.7. The van der Waals surface area contributed by atoms with Gasteiger partial charge in [0.05, 0.1) is 43.1 Å². The molecule has 2 heterocycles. The highest BCUT2D eigenvalue weighted by Crippen LogP contribution is 2.25. The third-order valence-corrected chi connectivity index (χ3v) is 6.07. The van der Waals surface area contributed by atoms with Crippen molar-refractivity contribution in [3.63, 3.8) is 0 Å². The number of amides is 1. The Kier molecular flexibility index (Phi) is 7.76. The van der Waals surface area contributed by atoms with Crippen molar-refractivity contribution in [2.75, 3.05) is 26.0 Å². The van der Waals surface area contributed by atoms with E-state index in [9.17, 15) is 9.59 Å². The van der Waals surface area contributed by atoms with Crippen LogP contribution < -0.4 is 20.3 Å². The summed E-state index contributed by atoms with van der Waals surface area (Å²) in [6, 6.07) is 15.8. The SMILES string of the molecule is COc1ccccc1OCCNC(=O)CSc1nc2cc(Cl)ccc2c(=O)n1Cc1ccco1. The summed E-state index contributed by atoms with van der Waals surface area (Å²) in [5, 5.41) is 4.13. The maximum atomic E-state index is 13.1. The minimum atomic E-state index is -0.230. The van der Waals surface area contributed by atoms with E-state index in [1.807, 2.05) is 12.1 Å². The van der Waals surface area contributed by atoms with Crippen molar-refractivity contribution in [1.82, 2.24) is 14.9 Å². The summed E-state index contributed by atoms with van der Waals surface area (Å²) in [6.45, 7) is 0.804. The highest BCUT2D eigenvalue weighted by Gasteiger charge is 2.15. The maximum Gasteiger partial charge on any atom is 0.262 e. The lowest BCUT2D eigenvalue weighted by molar-refractivity contribution is -0.118. The lowest BCUT2D eigenvalue weighted by atomic mass is 10.2. The monoisotopic (exact) mass is 499 g/mol. The van der Waals surface area contributed by atoms with Gasteiger partial charge in [0.1, 0.15) is 12.4 Å². The van der Waals surface area contributed by atoms with Crippen LogP contribution in [0.2, 0.25) is 5.02 Å². The van der Waals surface area contributed by atoms with Crippen LogP contribution in [-0.4, -0.2) is 41.5 Å². The number of nitrogens with zero attached hydrogens (tertiary/aromatic N) is 2. The number of ether oxygens (including phenoxy) is 2. The molecule has 0 saturated heterocycles. The molecule has 10 heteroatoms. The molecule has 0 fully saturated rings. The van der Waals surface area contributed by atoms with Crippen molar-refractivity contribution in [3.05, 3.63) is 82.0 Å². The van der Waals surface area contributed by atoms with E-state index in [0.29, 0.717) is 44.9 Å². The Hall–Kier alpha value is -3.43. The van der Waals surface area contributed by atoms with Crippen molar-refractivity contribution in [2.24, 2.45) is 0 Å². The zero-order chi connectivity index (χ0) is 23.9. The summed E-state index contributed by atoms with van der Waals surface area (Å²) in [5.41, 5.74) is 0.243. The van der Waals surface area contributed by atoms with Gasteiger partial charge >= 0.3 is 0 Å². The van der Waals surface area contributed by atoms with Crippen LogP contribution >= 0.6 is 23.4 Å². The van der Waals surface area contributed by atoms with Gasteiger partial charge in [-0.05, 0) is 42.5 Å². The molecule has 34 heavy (non-hydrogen) atoms. The molecule has 2 aromatic heterocycles. The van der Waals surface area contributed by atoms with Gasteiger partial charge in [0.15, 0.2) is 16.7 Å². The number of aromatic nitrogens is 2. The van der Waals surface area contributed by atoms with Gasteiger partial charge in [0.25, 0.3) is 5.56 Å². The lowest BCUT2D eigenvalue weighted by Crippen LogP contribution is -2.30. The summed E-state index contributed by atoms with van der Waals surface area (Å²) in [4.78, 5) is 30.1. The molecule has 1 amide bonds. The Labute approximate surface area is 204 Å². The van der Waals surface area contributed by atoms with Gasteiger partial charge in [-0.15, -0.1) is 0 Å². The van der Waals surface area contributed by atoms with Crippen LogP contribution in [0.15, 0.2) is 75.2 Å². The highest BCUT2D eigenvalue weighted by molar-refractivity contribution is 7.99. The van der Waals surface area contributed by atoms with E-state index in [4.69, 9.17) is 25.5 Å². The molecule has 0 aliphatic heterocycles. The predicted molar refractivity (Wildman–Crippen MR) is 131 cm³/mol. The summed E-state index contributed by atoms with van der Waals surface area (Å²) in [7, 11) is 1.57. The molecule has 0 unspecified atom stereocenters. The van der Waals surface area contributed by atoms with Crippen LogP contribution in [-0.2, 0) is 11.3 Å². The summed E-state index contributed by atoms with van der Waals surface area (Å²) in [5.74, 6) is 1.71. The molecule has 0 aliphatic rings. The molecule has 2 aromatic carbocycles. The second kappa shape index (κ2) is 11.1. The summed E-state index contributed by atoms with van der Waals surface area (Å²) >= 11 is 7.25. The van der Waals surface area contributed by atoms with Crippen LogP contribution in [0.1, 0.15) is 5.76 Å².